The summed E-state index contributed by atoms with van der Waals surface area (Å²) < 4.78 is 16.0. The first-order valence-electron chi connectivity index (χ1n) is 11.8. The van der Waals surface area contributed by atoms with Gasteiger partial charge < -0.3 is 8.83 Å². The number of halogens is 2. The van der Waals surface area contributed by atoms with Gasteiger partial charge in [-0.15, -0.1) is 34.0 Å². The van der Waals surface area contributed by atoms with E-state index in [1.54, 1.807) is 12.4 Å². The van der Waals surface area contributed by atoms with Crippen LogP contribution < -0.4 is 9.13 Å². The molecule has 0 unspecified atom stereocenters. The second-order valence-electron chi connectivity index (χ2n) is 8.49. The Labute approximate surface area is 241 Å². The molecule has 0 N–H and O–H groups in total. The number of hydrogen-bond acceptors (Lipinski definition) is 4. The Balaban J connectivity index is 0.00000168. The lowest BCUT2D eigenvalue weighted by Gasteiger charge is -2.01. The zero-order valence-corrected chi connectivity index (χ0v) is 23.8. The second-order valence-corrected chi connectivity index (χ2v) is 8.49. The van der Waals surface area contributed by atoms with E-state index in [1.807, 2.05) is 85.5 Å². The van der Waals surface area contributed by atoms with Crippen molar-refractivity contribution in [2.75, 3.05) is 0 Å². The Bertz CT molecular complexity index is 1450. The van der Waals surface area contributed by atoms with Gasteiger partial charge in [0, 0.05) is 35.4 Å². The minimum Gasteiger partial charge on any atom is -0.435 e. The third kappa shape index (κ3) is 6.33. The van der Waals surface area contributed by atoms with Crippen molar-refractivity contribution in [2.45, 2.75) is 13.1 Å². The molecule has 6 nitrogen and oxygen atoms in total. The summed E-state index contributed by atoms with van der Waals surface area (Å²) in [6.07, 6.45) is 11.7. The summed E-state index contributed by atoms with van der Waals surface area (Å²) in [5.41, 5.74) is 4.33. The van der Waals surface area contributed by atoms with Gasteiger partial charge in [-0.2, -0.15) is 9.13 Å². The van der Waals surface area contributed by atoms with Gasteiger partial charge in [0.25, 0.3) is 11.8 Å². The lowest BCUT2D eigenvalue weighted by Crippen LogP contribution is -2.33. The predicted molar refractivity (Wildman–Crippen MR) is 155 cm³/mol. The van der Waals surface area contributed by atoms with E-state index in [2.05, 4.69) is 43.4 Å². The fourth-order valence-electron chi connectivity index (χ4n) is 4.06. The predicted octanol–water partition coefficient (Wildman–Crippen LogP) is 6.49. The molecule has 0 fully saturated rings. The number of oxazole rings is 2. The summed E-state index contributed by atoms with van der Waals surface area (Å²) in [6.45, 7) is 1.14. The lowest BCUT2D eigenvalue weighted by atomic mass is 10.1. The maximum atomic E-state index is 5.93. The van der Waals surface area contributed by atoms with Crippen molar-refractivity contribution in [1.29, 1.82) is 0 Å². The number of benzene rings is 2. The first-order valence-corrected chi connectivity index (χ1v) is 11.8. The van der Waals surface area contributed by atoms with Gasteiger partial charge in [-0.3, -0.25) is 0 Å². The molecule has 38 heavy (non-hydrogen) atoms. The Kier molecular flexibility index (Phi) is 8.99. The summed E-state index contributed by atoms with van der Waals surface area (Å²) in [4.78, 5) is 8.86. The van der Waals surface area contributed by atoms with Gasteiger partial charge in [-0.05, 0) is 11.1 Å². The van der Waals surface area contributed by atoms with Crippen LogP contribution in [0.15, 0.2) is 131 Å². The fourth-order valence-corrected chi connectivity index (χ4v) is 4.06. The maximum absolute atomic E-state index is 5.93. The van der Waals surface area contributed by atoms with Crippen molar-refractivity contribution < 1.29 is 18.0 Å². The first kappa shape index (κ1) is 27.2. The molecule has 0 radical (unpaired) electrons. The van der Waals surface area contributed by atoms with E-state index in [0.29, 0.717) is 24.9 Å². The molecular formula is C30H26Br2N4O2+2. The molecule has 0 aliphatic carbocycles. The standard InChI is InChI=1S/C30H24N4O2.2BrH/c1-3-7-25(8-4-1)27-19-31-29(35-27)21-33-15-11-23(12-16-33)24-13-17-34(18-14-24)22-30-32-20-28(36-30)26-9-5-2-6-10-26;;/h1-20H,21-22H2;2*1H/q+2;;. The average molecular weight is 634 g/mol. The molecule has 2 aromatic carbocycles. The van der Waals surface area contributed by atoms with E-state index >= 15 is 0 Å². The summed E-state index contributed by atoms with van der Waals surface area (Å²) in [7, 11) is 0. The molecule has 0 amide bonds. The van der Waals surface area contributed by atoms with Crippen LogP contribution in [0.4, 0.5) is 0 Å². The highest BCUT2D eigenvalue weighted by atomic mass is 79.9. The van der Waals surface area contributed by atoms with Crippen molar-refractivity contribution in [3.05, 3.63) is 134 Å². The highest BCUT2D eigenvalue weighted by Crippen LogP contribution is 2.21. The van der Waals surface area contributed by atoms with Crippen molar-refractivity contribution in [3.63, 3.8) is 0 Å². The second kappa shape index (κ2) is 12.6. The molecule has 0 atom stereocenters. The molecule has 4 aromatic heterocycles. The number of rotatable bonds is 7. The van der Waals surface area contributed by atoms with Gasteiger partial charge in [-0.1, -0.05) is 60.7 Å². The minimum atomic E-state index is 0. The van der Waals surface area contributed by atoms with Crippen LogP contribution in [0.25, 0.3) is 33.8 Å². The Morgan fingerprint density at radius 2 is 0.842 bits per heavy atom. The molecule has 6 aromatic rings. The highest BCUT2D eigenvalue weighted by molar-refractivity contribution is 8.93. The molecule has 0 saturated carbocycles. The molecule has 8 heteroatoms. The van der Waals surface area contributed by atoms with E-state index in [0.717, 1.165) is 33.8 Å². The zero-order valence-electron chi connectivity index (χ0n) is 20.4. The molecule has 0 spiro atoms. The topological polar surface area (TPSA) is 59.8 Å². The van der Waals surface area contributed by atoms with E-state index in [9.17, 15) is 0 Å². The fraction of sp³-hybridized carbons (Fsp3) is 0.0667. The monoisotopic (exact) mass is 632 g/mol. The third-order valence-corrected chi connectivity index (χ3v) is 5.98. The van der Waals surface area contributed by atoms with Crippen LogP contribution in [0, 0.1) is 0 Å². The van der Waals surface area contributed by atoms with Gasteiger partial charge in [0.15, 0.2) is 36.3 Å². The van der Waals surface area contributed by atoms with Crippen LogP contribution in [0.1, 0.15) is 11.8 Å². The zero-order chi connectivity index (χ0) is 24.2. The van der Waals surface area contributed by atoms with Crippen LogP contribution in [-0.4, -0.2) is 9.97 Å². The number of aromatic nitrogens is 4. The van der Waals surface area contributed by atoms with Gasteiger partial charge in [0.2, 0.25) is 13.1 Å². The van der Waals surface area contributed by atoms with Crippen molar-refractivity contribution in [3.8, 4) is 33.8 Å². The first-order chi connectivity index (χ1) is 17.8. The Hall–Kier alpha value is -3.88. The number of pyridine rings is 2. The quantitative estimate of drug-likeness (QED) is 0.189. The normalized spacial score (nSPS) is 10.4. The lowest BCUT2D eigenvalue weighted by molar-refractivity contribution is -0.690. The summed E-state index contributed by atoms with van der Waals surface area (Å²) in [5, 5.41) is 0. The largest absolute Gasteiger partial charge is 0.435 e. The van der Waals surface area contributed by atoms with Crippen LogP contribution >= 0.6 is 34.0 Å². The molecule has 0 aliphatic heterocycles. The minimum absolute atomic E-state index is 0. The maximum Gasteiger partial charge on any atom is 0.261 e. The van der Waals surface area contributed by atoms with Crippen molar-refractivity contribution >= 4 is 34.0 Å². The number of nitrogens with zero attached hydrogens (tertiary/aromatic N) is 4. The molecule has 0 aliphatic rings. The van der Waals surface area contributed by atoms with Gasteiger partial charge >= 0.3 is 0 Å². The van der Waals surface area contributed by atoms with Crippen LogP contribution in [0.3, 0.4) is 0 Å². The SMILES string of the molecule is Br.Br.c1ccc(-c2cnc(C[n+]3ccc(-c4cc[n+](Cc5ncc(-c6ccccc6)o5)cc4)cc3)o2)cc1. The summed E-state index contributed by atoms with van der Waals surface area (Å²) >= 11 is 0. The van der Waals surface area contributed by atoms with E-state index in [4.69, 9.17) is 8.83 Å². The van der Waals surface area contributed by atoms with Crippen molar-refractivity contribution in [1.82, 2.24) is 9.97 Å². The van der Waals surface area contributed by atoms with E-state index in [1.165, 1.54) is 0 Å². The number of hydrogen-bond donors (Lipinski definition) is 0. The van der Waals surface area contributed by atoms with E-state index < -0.39 is 0 Å². The molecule has 6 rings (SSSR count). The van der Waals surface area contributed by atoms with Gasteiger partial charge in [0.05, 0.1) is 12.4 Å². The smallest absolute Gasteiger partial charge is 0.261 e. The third-order valence-electron chi connectivity index (χ3n) is 5.98. The van der Waals surface area contributed by atoms with Crippen LogP contribution in [0.2, 0.25) is 0 Å². The molecule has 0 saturated heterocycles. The molecular weight excluding hydrogens is 608 g/mol. The average Bonchev–Trinajstić information content (AvgIpc) is 3.61. The van der Waals surface area contributed by atoms with Gasteiger partial charge in [0.1, 0.15) is 0 Å². The van der Waals surface area contributed by atoms with Crippen LogP contribution in [-0.2, 0) is 13.1 Å². The Morgan fingerprint density at radius 1 is 0.474 bits per heavy atom. The van der Waals surface area contributed by atoms with Gasteiger partial charge in [-0.25, -0.2) is 9.97 Å². The Morgan fingerprint density at radius 3 is 1.21 bits per heavy atom. The van der Waals surface area contributed by atoms with E-state index in [-0.39, 0.29) is 34.0 Å². The summed E-state index contributed by atoms with van der Waals surface area (Å²) in [5.74, 6) is 2.91. The van der Waals surface area contributed by atoms with Crippen LogP contribution in [0.5, 0.6) is 0 Å². The van der Waals surface area contributed by atoms with Crippen molar-refractivity contribution in [2.24, 2.45) is 0 Å². The molecule has 0 bridgehead atoms. The molecule has 4 heterocycles. The molecule has 190 valence electrons. The highest BCUT2D eigenvalue weighted by Gasteiger charge is 2.13. The summed E-state index contributed by atoms with van der Waals surface area (Å²) in [6, 6.07) is 28.4.